The van der Waals surface area contributed by atoms with Gasteiger partial charge in [-0.25, -0.2) is 4.79 Å². The predicted octanol–water partition coefficient (Wildman–Crippen LogP) is 1.98. The minimum atomic E-state index is -0.572. The van der Waals surface area contributed by atoms with E-state index in [4.69, 9.17) is 4.74 Å². The maximum absolute atomic E-state index is 11.5. The Morgan fingerprint density at radius 1 is 1.62 bits per heavy atom. The van der Waals surface area contributed by atoms with Gasteiger partial charge < -0.3 is 14.8 Å². The average Bonchev–Trinajstić information content (AvgIpc) is 2.43. The Bertz CT molecular complexity index is 581. The summed E-state index contributed by atoms with van der Waals surface area (Å²) in [5.41, 5.74) is 0.897. The Labute approximate surface area is 121 Å². The van der Waals surface area contributed by atoms with E-state index < -0.39 is 10.9 Å². The van der Waals surface area contributed by atoms with Crippen molar-refractivity contribution >= 4 is 22.9 Å². The van der Waals surface area contributed by atoms with E-state index in [0.29, 0.717) is 24.4 Å². The number of hydrogen-bond donors (Lipinski definition) is 1. The molecule has 0 amide bonds. The lowest BCUT2D eigenvalue weighted by atomic mass is 10.1. The molecule has 0 spiro atoms. The van der Waals surface area contributed by atoms with Crippen molar-refractivity contribution < 1.29 is 19.2 Å². The number of benzene rings is 1. The number of ether oxygens (including phenoxy) is 2. The number of esters is 1. The second kappa shape index (κ2) is 6.36. The zero-order valence-corrected chi connectivity index (χ0v) is 11.6. The van der Waals surface area contributed by atoms with Crippen LogP contribution in [-0.2, 0) is 14.3 Å². The normalized spacial score (nSPS) is 16.7. The number of methoxy groups -OCH3 is 1. The lowest BCUT2D eigenvalue weighted by Crippen LogP contribution is -2.33. The monoisotopic (exact) mass is 292 g/mol. The zero-order valence-electron chi connectivity index (χ0n) is 11.6. The van der Waals surface area contributed by atoms with Crippen LogP contribution in [0, 0.1) is 10.1 Å². The Kier molecular flexibility index (Phi) is 4.54. The lowest BCUT2D eigenvalue weighted by Gasteiger charge is -2.26. The number of nitrogens with one attached hydrogen (secondary N) is 1. The van der Waals surface area contributed by atoms with Crippen molar-refractivity contribution in [3.05, 3.63) is 40.5 Å². The van der Waals surface area contributed by atoms with Gasteiger partial charge in [0.1, 0.15) is 5.69 Å². The van der Waals surface area contributed by atoms with Crippen molar-refractivity contribution in [3.63, 3.8) is 0 Å². The topological polar surface area (TPSA) is 90.7 Å². The summed E-state index contributed by atoms with van der Waals surface area (Å²) in [6.45, 7) is 4.83. The molecule has 1 fully saturated rings. The molecule has 0 aromatic heterocycles. The van der Waals surface area contributed by atoms with Gasteiger partial charge in [-0.05, 0) is 24.1 Å². The van der Waals surface area contributed by atoms with Crippen molar-refractivity contribution in [2.24, 2.45) is 0 Å². The summed E-state index contributed by atoms with van der Waals surface area (Å²) in [5.74, 6) is -0.572. The molecule has 21 heavy (non-hydrogen) atoms. The first-order valence-corrected chi connectivity index (χ1v) is 6.44. The average molecular weight is 292 g/mol. The molecule has 1 aliphatic heterocycles. The van der Waals surface area contributed by atoms with Gasteiger partial charge >= 0.3 is 5.97 Å². The van der Waals surface area contributed by atoms with Gasteiger partial charge in [0, 0.05) is 19.2 Å². The fourth-order valence-electron chi connectivity index (χ4n) is 1.93. The number of hydrogen-bond acceptors (Lipinski definition) is 6. The van der Waals surface area contributed by atoms with E-state index in [1.165, 1.54) is 25.3 Å². The number of nitrogens with zero attached hydrogens (tertiary/aromatic N) is 1. The van der Waals surface area contributed by atoms with E-state index in [1.54, 1.807) is 0 Å². The van der Waals surface area contributed by atoms with Gasteiger partial charge in [-0.1, -0.05) is 6.58 Å². The number of carbonyl (C=O) groups excluding carboxylic acids is 1. The number of nitro groups is 1. The number of anilines is 1. The van der Waals surface area contributed by atoms with Gasteiger partial charge in [-0.3, -0.25) is 10.1 Å². The Morgan fingerprint density at radius 3 is 2.86 bits per heavy atom. The highest BCUT2D eigenvalue weighted by Gasteiger charge is 2.21. The maximum atomic E-state index is 11.5. The van der Waals surface area contributed by atoms with Crippen molar-refractivity contribution in [1.82, 2.24) is 0 Å². The zero-order chi connectivity index (χ0) is 15.4. The summed E-state index contributed by atoms with van der Waals surface area (Å²) in [6.07, 6.45) is 0.993. The molecular weight excluding hydrogens is 276 g/mol. The van der Waals surface area contributed by atoms with Crippen LogP contribution in [0.4, 0.5) is 11.4 Å². The SMILES string of the molecule is C=C(C(=O)OC)c1ccc([N+](=O)[O-])c(NC[C@@H]2CCO2)c1. The molecule has 7 nitrogen and oxygen atoms in total. The fourth-order valence-corrected chi connectivity index (χ4v) is 1.93. The molecule has 0 radical (unpaired) electrons. The van der Waals surface area contributed by atoms with Crippen LogP contribution in [0.3, 0.4) is 0 Å². The molecule has 0 saturated carbocycles. The molecule has 0 unspecified atom stereocenters. The quantitative estimate of drug-likeness (QED) is 0.373. The first-order valence-electron chi connectivity index (χ1n) is 6.44. The van der Waals surface area contributed by atoms with Crippen molar-refractivity contribution in [2.75, 3.05) is 25.6 Å². The Morgan fingerprint density at radius 2 is 2.33 bits per heavy atom. The molecule has 2 rings (SSSR count). The van der Waals surface area contributed by atoms with Gasteiger partial charge in [0.25, 0.3) is 5.69 Å². The van der Waals surface area contributed by atoms with Crippen LogP contribution in [0.5, 0.6) is 0 Å². The third kappa shape index (κ3) is 3.38. The van der Waals surface area contributed by atoms with E-state index in [-0.39, 0.29) is 17.4 Å². The molecule has 1 atom stereocenters. The van der Waals surface area contributed by atoms with E-state index in [0.717, 1.165) is 6.42 Å². The number of nitro benzene ring substituents is 1. The van der Waals surface area contributed by atoms with Crippen LogP contribution in [0.15, 0.2) is 24.8 Å². The largest absolute Gasteiger partial charge is 0.465 e. The molecule has 1 aromatic rings. The van der Waals surface area contributed by atoms with Crippen LogP contribution in [0.1, 0.15) is 12.0 Å². The van der Waals surface area contributed by atoms with E-state index in [2.05, 4.69) is 16.6 Å². The fraction of sp³-hybridized carbons (Fsp3) is 0.357. The standard InChI is InChI=1S/C14H16N2O5/c1-9(14(17)20-2)10-3-4-13(16(18)19)12(7-10)15-8-11-5-6-21-11/h3-4,7,11,15H,1,5-6,8H2,2H3/t11-/m0/s1. The molecule has 112 valence electrons. The maximum Gasteiger partial charge on any atom is 0.337 e. The van der Waals surface area contributed by atoms with Crippen LogP contribution >= 0.6 is 0 Å². The molecule has 7 heteroatoms. The van der Waals surface area contributed by atoms with Crippen LogP contribution < -0.4 is 5.32 Å². The molecule has 1 aromatic carbocycles. The van der Waals surface area contributed by atoms with Gasteiger partial charge in [0.05, 0.1) is 23.7 Å². The predicted molar refractivity (Wildman–Crippen MR) is 77.0 cm³/mol. The van der Waals surface area contributed by atoms with Crippen molar-refractivity contribution in [2.45, 2.75) is 12.5 Å². The minimum absolute atomic E-state index is 0.0595. The first-order chi connectivity index (χ1) is 10.0. The summed E-state index contributed by atoms with van der Waals surface area (Å²) in [5, 5.41) is 14.0. The summed E-state index contributed by atoms with van der Waals surface area (Å²) < 4.78 is 9.86. The molecule has 1 aliphatic rings. The highest BCUT2D eigenvalue weighted by molar-refractivity contribution is 6.15. The van der Waals surface area contributed by atoms with E-state index in [9.17, 15) is 14.9 Å². The summed E-state index contributed by atoms with van der Waals surface area (Å²) in [6, 6.07) is 4.34. The highest BCUT2D eigenvalue weighted by atomic mass is 16.6. The van der Waals surface area contributed by atoms with Crippen LogP contribution in [0.25, 0.3) is 5.57 Å². The molecule has 1 saturated heterocycles. The molecule has 0 bridgehead atoms. The van der Waals surface area contributed by atoms with E-state index >= 15 is 0 Å². The van der Waals surface area contributed by atoms with Gasteiger partial charge in [0.2, 0.25) is 0 Å². The third-order valence-corrected chi connectivity index (χ3v) is 3.29. The van der Waals surface area contributed by atoms with E-state index in [1.807, 2.05) is 0 Å². The smallest absolute Gasteiger partial charge is 0.337 e. The highest BCUT2D eigenvalue weighted by Crippen LogP contribution is 2.29. The Hall–Kier alpha value is -2.41. The summed E-state index contributed by atoms with van der Waals surface area (Å²) in [7, 11) is 1.26. The van der Waals surface area contributed by atoms with Gasteiger partial charge in [-0.15, -0.1) is 0 Å². The second-order valence-corrected chi connectivity index (χ2v) is 4.62. The Balaban J connectivity index is 2.22. The molecule has 0 aliphatic carbocycles. The van der Waals surface area contributed by atoms with Gasteiger partial charge in [0.15, 0.2) is 0 Å². The van der Waals surface area contributed by atoms with Crippen LogP contribution in [-0.4, -0.2) is 37.3 Å². The van der Waals surface area contributed by atoms with Crippen LogP contribution in [0.2, 0.25) is 0 Å². The third-order valence-electron chi connectivity index (χ3n) is 3.29. The molecular formula is C14H16N2O5. The summed E-state index contributed by atoms with van der Waals surface area (Å²) in [4.78, 5) is 22.0. The lowest BCUT2D eigenvalue weighted by molar-refractivity contribution is -0.384. The van der Waals surface area contributed by atoms with Crippen molar-refractivity contribution in [3.8, 4) is 0 Å². The first kappa shape index (κ1) is 15.0. The summed E-state index contributed by atoms with van der Waals surface area (Å²) >= 11 is 0. The second-order valence-electron chi connectivity index (χ2n) is 4.62. The number of carbonyl (C=O) groups is 1. The molecule has 1 heterocycles. The number of rotatable bonds is 6. The minimum Gasteiger partial charge on any atom is -0.465 e. The van der Waals surface area contributed by atoms with Crippen molar-refractivity contribution in [1.29, 1.82) is 0 Å². The molecule has 1 N–H and O–H groups in total. The van der Waals surface area contributed by atoms with Gasteiger partial charge in [-0.2, -0.15) is 0 Å².